The fourth-order valence-corrected chi connectivity index (χ4v) is 3.65. The summed E-state index contributed by atoms with van der Waals surface area (Å²) in [6, 6.07) is -0.728. The number of carboxylic acids is 1. The molecule has 2 aliphatic rings. The summed E-state index contributed by atoms with van der Waals surface area (Å²) in [6.07, 6.45) is 5.73. The Balaban J connectivity index is 1.90. The van der Waals surface area contributed by atoms with Crippen LogP contribution in [0.5, 0.6) is 0 Å². The van der Waals surface area contributed by atoms with E-state index < -0.39 is 12.0 Å². The van der Waals surface area contributed by atoms with Crippen LogP contribution >= 0.6 is 0 Å². The molecular weight excluding hydrogens is 270 g/mol. The standard InChI is InChI=1S/C15H27N3O3/c1-2-16-8-5-9-17-15(21)18-12-7-4-3-6-11(12)10-13(18)14(19)20/h11-13,16H,2-10H2,1H3,(H,17,21)(H,19,20). The van der Waals surface area contributed by atoms with Crippen LogP contribution in [-0.4, -0.2) is 53.7 Å². The zero-order valence-electron chi connectivity index (χ0n) is 12.8. The average molecular weight is 297 g/mol. The predicted molar refractivity (Wildman–Crippen MR) is 80.2 cm³/mol. The van der Waals surface area contributed by atoms with Crippen molar-refractivity contribution < 1.29 is 14.7 Å². The van der Waals surface area contributed by atoms with E-state index in [2.05, 4.69) is 10.6 Å². The number of nitrogens with zero attached hydrogens (tertiary/aromatic N) is 1. The first-order chi connectivity index (χ1) is 10.1. The maximum Gasteiger partial charge on any atom is 0.326 e. The van der Waals surface area contributed by atoms with Gasteiger partial charge in [-0.15, -0.1) is 0 Å². The van der Waals surface area contributed by atoms with Crippen LogP contribution in [-0.2, 0) is 4.79 Å². The second kappa shape index (κ2) is 7.64. The Bertz CT molecular complexity index is 375. The molecule has 1 aliphatic carbocycles. The Kier molecular flexibility index (Phi) is 5.85. The quantitative estimate of drug-likeness (QED) is 0.648. The molecule has 2 rings (SSSR count). The molecule has 3 atom stereocenters. The Morgan fingerprint density at radius 1 is 1.24 bits per heavy atom. The van der Waals surface area contributed by atoms with E-state index in [0.29, 0.717) is 18.9 Å². The highest BCUT2D eigenvalue weighted by Gasteiger charge is 2.47. The SMILES string of the molecule is CCNCCCNC(=O)N1C(C(=O)O)CC2CCCCC21. The monoisotopic (exact) mass is 297 g/mol. The number of carboxylic acid groups (broad SMARTS) is 1. The molecule has 2 amide bonds. The Hall–Kier alpha value is -1.30. The highest BCUT2D eigenvalue weighted by molar-refractivity contribution is 5.83. The number of fused-ring (bicyclic) bond motifs is 1. The van der Waals surface area contributed by atoms with Gasteiger partial charge in [-0.05, 0) is 44.7 Å². The molecule has 21 heavy (non-hydrogen) atoms. The molecule has 0 radical (unpaired) electrons. The first-order valence-corrected chi connectivity index (χ1v) is 8.14. The molecule has 3 unspecified atom stereocenters. The number of amides is 2. The molecule has 1 aliphatic heterocycles. The minimum atomic E-state index is -0.868. The van der Waals surface area contributed by atoms with Crippen molar-refractivity contribution in [3.8, 4) is 0 Å². The van der Waals surface area contributed by atoms with E-state index in [4.69, 9.17) is 0 Å². The maximum atomic E-state index is 12.4. The summed E-state index contributed by atoms with van der Waals surface area (Å²) in [7, 11) is 0. The summed E-state index contributed by atoms with van der Waals surface area (Å²) in [5, 5.41) is 15.5. The van der Waals surface area contributed by atoms with E-state index in [-0.39, 0.29) is 12.1 Å². The third-order valence-electron chi connectivity index (χ3n) is 4.66. The summed E-state index contributed by atoms with van der Waals surface area (Å²) in [4.78, 5) is 25.4. The summed E-state index contributed by atoms with van der Waals surface area (Å²) in [5.41, 5.74) is 0. The van der Waals surface area contributed by atoms with Crippen LogP contribution in [0.3, 0.4) is 0 Å². The van der Waals surface area contributed by atoms with Gasteiger partial charge in [0.2, 0.25) is 0 Å². The Morgan fingerprint density at radius 2 is 2.00 bits per heavy atom. The summed E-state index contributed by atoms with van der Waals surface area (Å²) >= 11 is 0. The number of carbonyl (C=O) groups excluding carboxylic acids is 1. The van der Waals surface area contributed by atoms with Crippen molar-refractivity contribution in [2.75, 3.05) is 19.6 Å². The number of carbonyl (C=O) groups is 2. The van der Waals surface area contributed by atoms with Crippen molar-refractivity contribution in [3.05, 3.63) is 0 Å². The molecule has 0 spiro atoms. The number of aliphatic carboxylic acids is 1. The van der Waals surface area contributed by atoms with Crippen molar-refractivity contribution in [1.29, 1.82) is 0 Å². The number of likely N-dealkylation sites (tertiary alicyclic amines) is 1. The molecule has 6 nitrogen and oxygen atoms in total. The highest BCUT2D eigenvalue weighted by Crippen LogP contribution is 2.39. The van der Waals surface area contributed by atoms with Crippen LogP contribution in [0.2, 0.25) is 0 Å². The normalized spacial score (nSPS) is 28.2. The van der Waals surface area contributed by atoms with E-state index in [1.807, 2.05) is 6.92 Å². The number of urea groups is 1. The Morgan fingerprint density at radius 3 is 2.71 bits per heavy atom. The molecule has 0 aromatic carbocycles. The van der Waals surface area contributed by atoms with E-state index >= 15 is 0 Å². The highest BCUT2D eigenvalue weighted by atomic mass is 16.4. The lowest BCUT2D eigenvalue weighted by Crippen LogP contribution is -2.51. The van der Waals surface area contributed by atoms with Crippen molar-refractivity contribution in [2.24, 2.45) is 5.92 Å². The molecule has 1 heterocycles. The fraction of sp³-hybridized carbons (Fsp3) is 0.867. The third-order valence-corrected chi connectivity index (χ3v) is 4.66. The largest absolute Gasteiger partial charge is 0.480 e. The smallest absolute Gasteiger partial charge is 0.326 e. The molecule has 6 heteroatoms. The van der Waals surface area contributed by atoms with Gasteiger partial charge < -0.3 is 20.6 Å². The van der Waals surface area contributed by atoms with E-state index in [1.54, 1.807) is 4.90 Å². The van der Waals surface area contributed by atoms with E-state index in [9.17, 15) is 14.7 Å². The van der Waals surface area contributed by atoms with Crippen molar-refractivity contribution in [3.63, 3.8) is 0 Å². The second-order valence-corrected chi connectivity index (χ2v) is 6.05. The maximum absolute atomic E-state index is 12.4. The summed E-state index contributed by atoms with van der Waals surface area (Å²) in [5.74, 6) is -0.500. The van der Waals surface area contributed by atoms with Crippen LogP contribution in [0.4, 0.5) is 4.79 Å². The minimum absolute atomic E-state index is 0.119. The number of nitrogens with one attached hydrogen (secondary N) is 2. The van der Waals surface area contributed by atoms with Crippen molar-refractivity contribution >= 4 is 12.0 Å². The molecule has 0 bridgehead atoms. The van der Waals surface area contributed by atoms with E-state index in [0.717, 1.165) is 45.2 Å². The average Bonchev–Trinajstić information content (AvgIpc) is 2.86. The van der Waals surface area contributed by atoms with Crippen LogP contribution in [0.25, 0.3) is 0 Å². The first kappa shape index (κ1) is 16.1. The van der Waals surface area contributed by atoms with Gasteiger partial charge in [-0.2, -0.15) is 0 Å². The van der Waals surface area contributed by atoms with Crippen molar-refractivity contribution in [2.45, 2.75) is 57.5 Å². The summed E-state index contributed by atoms with van der Waals surface area (Å²) < 4.78 is 0. The number of hydrogen-bond donors (Lipinski definition) is 3. The fourth-order valence-electron chi connectivity index (χ4n) is 3.65. The van der Waals surface area contributed by atoms with Crippen molar-refractivity contribution in [1.82, 2.24) is 15.5 Å². The van der Waals surface area contributed by atoms with Gasteiger partial charge in [0.25, 0.3) is 0 Å². The zero-order chi connectivity index (χ0) is 15.2. The van der Waals surface area contributed by atoms with Gasteiger partial charge in [0.05, 0.1) is 0 Å². The lowest BCUT2D eigenvalue weighted by Gasteiger charge is -2.33. The van der Waals surface area contributed by atoms with Gasteiger partial charge in [0.15, 0.2) is 0 Å². The Labute approximate surface area is 126 Å². The molecule has 120 valence electrons. The number of hydrogen-bond acceptors (Lipinski definition) is 3. The third kappa shape index (κ3) is 3.87. The van der Waals surface area contributed by atoms with Crippen LogP contribution in [0.1, 0.15) is 45.4 Å². The van der Waals surface area contributed by atoms with Crippen LogP contribution in [0, 0.1) is 5.92 Å². The predicted octanol–water partition coefficient (Wildman–Crippen LogP) is 1.41. The lowest BCUT2D eigenvalue weighted by atomic mass is 9.85. The molecule has 1 saturated heterocycles. The molecule has 3 N–H and O–H groups in total. The molecule has 0 aromatic heterocycles. The summed E-state index contributed by atoms with van der Waals surface area (Å²) in [6.45, 7) is 4.42. The topological polar surface area (TPSA) is 81.7 Å². The molecule has 2 fully saturated rings. The van der Waals surface area contributed by atoms with Gasteiger partial charge in [-0.1, -0.05) is 19.8 Å². The van der Waals surface area contributed by atoms with Gasteiger partial charge >= 0.3 is 12.0 Å². The first-order valence-electron chi connectivity index (χ1n) is 8.14. The van der Waals surface area contributed by atoms with Gasteiger partial charge in [0, 0.05) is 12.6 Å². The van der Waals surface area contributed by atoms with E-state index in [1.165, 1.54) is 0 Å². The van der Waals surface area contributed by atoms with Crippen LogP contribution < -0.4 is 10.6 Å². The van der Waals surface area contributed by atoms with Gasteiger partial charge in [-0.3, -0.25) is 0 Å². The van der Waals surface area contributed by atoms with Crippen LogP contribution in [0.15, 0.2) is 0 Å². The molecule has 0 aromatic rings. The second-order valence-electron chi connectivity index (χ2n) is 6.05. The zero-order valence-corrected chi connectivity index (χ0v) is 12.8. The number of rotatable bonds is 6. The van der Waals surface area contributed by atoms with Gasteiger partial charge in [-0.25, -0.2) is 9.59 Å². The lowest BCUT2D eigenvalue weighted by molar-refractivity contribution is -0.141. The van der Waals surface area contributed by atoms with Gasteiger partial charge in [0.1, 0.15) is 6.04 Å². The minimum Gasteiger partial charge on any atom is -0.480 e. The molecule has 1 saturated carbocycles. The molecular formula is C15H27N3O3.